The SMILES string of the molecule is CCC(C(=O)Nc1cc(C)on1)N(C)CCOc1cccc(Cl)c1. The first-order valence-corrected chi connectivity index (χ1v) is 8.20. The van der Waals surface area contributed by atoms with Gasteiger partial charge >= 0.3 is 0 Å². The number of nitrogens with zero attached hydrogens (tertiary/aromatic N) is 2. The molecule has 1 aromatic heterocycles. The van der Waals surface area contributed by atoms with Gasteiger partial charge in [-0.1, -0.05) is 29.7 Å². The van der Waals surface area contributed by atoms with E-state index < -0.39 is 0 Å². The number of anilines is 1. The third-order valence-corrected chi connectivity index (χ3v) is 3.84. The lowest BCUT2D eigenvalue weighted by atomic mass is 10.2. The van der Waals surface area contributed by atoms with E-state index in [9.17, 15) is 4.79 Å². The second kappa shape index (κ2) is 8.70. The molecule has 24 heavy (non-hydrogen) atoms. The lowest BCUT2D eigenvalue weighted by molar-refractivity contribution is -0.121. The number of likely N-dealkylation sites (N-methyl/N-ethyl adjacent to an activating group) is 1. The van der Waals surface area contributed by atoms with Crippen molar-refractivity contribution in [3.63, 3.8) is 0 Å². The number of aromatic nitrogens is 1. The molecule has 0 fully saturated rings. The molecule has 130 valence electrons. The Morgan fingerprint density at radius 2 is 2.25 bits per heavy atom. The van der Waals surface area contributed by atoms with Crippen molar-refractivity contribution in [1.29, 1.82) is 0 Å². The van der Waals surface area contributed by atoms with Crippen LogP contribution in [0.4, 0.5) is 5.82 Å². The monoisotopic (exact) mass is 351 g/mol. The molecule has 1 unspecified atom stereocenters. The maximum absolute atomic E-state index is 12.4. The molecule has 2 rings (SSSR count). The number of hydrogen-bond acceptors (Lipinski definition) is 5. The summed E-state index contributed by atoms with van der Waals surface area (Å²) in [6.45, 7) is 4.81. The van der Waals surface area contributed by atoms with E-state index in [0.29, 0.717) is 41.9 Å². The average Bonchev–Trinajstić information content (AvgIpc) is 2.93. The highest BCUT2D eigenvalue weighted by atomic mass is 35.5. The molecular formula is C17H22ClN3O3. The smallest absolute Gasteiger partial charge is 0.242 e. The predicted molar refractivity (Wildman–Crippen MR) is 93.5 cm³/mol. The third-order valence-electron chi connectivity index (χ3n) is 3.61. The fourth-order valence-electron chi connectivity index (χ4n) is 2.35. The summed E-state index contributed by atoms with van der Waals surface area (Å²) >= 11 is 5.92. The van der Waals surface area contributed by atoms with E-state index in [1.165, 1.54) is 0 Å². The third kappa shape index (κ3) is 5.25. The van der Waals surface area contributed by atoms with Gasteiger partial charge in [0, 0.05) is 17.6 Å². The van der Waals surface area contributed by atoms with E-state index in [1.807, 2.05) is 31.0 Å². The number of rotatable bonds is 8. The van der Waals surface area contributed by atoms with Gasteiger partial charge in [-0.3, -0.25) is 9.69 Å². The molecule has 1 amide bonds. The van der Waals surface area contributed by atoms with E-state index in [4.69, 9.17) is 20.9 Å². The number of nitrogens with one attached hydrogen (secondary N) is 1. The van der Waals surface area contributed by atoms with Crippen molar-refractivity contribution >= 4 is 23.3 Å². The maximum atomic E-state index is 12.4. The minimum Gasteiger partial charge on any atom is -0.492 e. The van der Waals surface area contributed by atoms with Crippen molar-refractivity contribution in [2.24, 2.45) is 0 Å². The molecule has 0 spiro atoms. The van der Waals surface area contributed by atoms with E-state index in [2.05, 4.69) is 10.5 Å². The highest BCUT2D eigenvalue weighted by molar-refractivity contribution is 6.30. The van der Waals surface area contributed by atoms with Gasteiger partial charge < -0.3 is 14.6 Å². The van der Waals surface area contributed by atoms with Crippen LogP contribution in [0.2, 0.25) is 5.02 Å². The normalized spacial score (nSPS) is 12.2. The fraction of sp³-hybridized carbons (Fsp3) is 0.412. The molecule has 0 saturated heterocycles. The van der Waals surface area contributed by atoms with Crippen LogP contribution >= 0.6 is 11.6 Å². The Balaban J connectivity index is 1.84. The second-order valence-electron chi connectivity index (χ2n) is 5.52. The van der Waals surface area contributed by atoms with Crippen molar-refractivity contribution in [2.45, 2.75) is 26.3 Å². The number of carbonyl (C=O) groups excluding carboxylic acids is 1. The second-order valence-corrected chi connectivity index (χ2v) is 5.96. The summed E-state index contributed by atoms with van der Waals surface area (Å²) in [5.74, 6) is 1.68. The van der Waals surface area contributed by atoms with Crippen LogP contribution in [0.25, 0.3) is 0 Å². The van der Waals surface area contributed by atoms with Crippen molar-refractivity contribution in [3.05, 3.63) is 41.1 Å². The van der Waals surface area contributed by atoms with Gasteiger partial charge in [0.05, 0.1) is 6.04 Å². The van der Waals surface area contributed by atoms with Gasteiger partial charge in [0.1, 0.15) is 18.1 Å². The molecule has 1 N–H and O–H groups in total. The van der Waals surface area contributed by atoms with Gasteiger partial charge in [-0.15, -0.1) is 0 Å². The molecule has 0 aliphatic heterocycles. The number of benzene rings is 1. The zero-order valence-electron chi connectivity index (χ0n) is 14.1. The number of ether oxygens (including phenoxy) is 1. The molecule has 1 aromatic carbocycles. The number of aryl methyl sites for hydroxylation is 1. The molecule has 0 aliphatic carbocycles. The van der Waals surface area contributed by atoms with Crippen LogP contribution < -0.4 is 10.1 Å². The van der Waals surface area contributed by atoms with E-state index >= 15 is 0 Å². The molecule has 0 saturated carbocycles. The van der Waals surface area contributed by atoms with Crippen molar-refractivity contribution in [2.75, 3.05) is 25.5 Å². The highest BCUT2D eigenvalue weighted by Gasteiger charge is 2.22. The van der Waals surface area contributed by atoms with Crippen molar-refractivity contribution in [1.82, 2.24) is 10.1 Å². The van der Waals surface area contributed by atoms with Crippen LogP contribution in [0.1, 0.15) is 19.1 Å². The zero-order valence-corrected chi connectivity index (χ0v) is 14.8. The average molecular weight is 352 g/mol. The Hall–Kier alpha value is -2.05. The number of carbonyl (C=O) groups is 1. The first kappa shape index (κ1) is 18.3. The summed E-state index contributed by atoms with van der Waals surface area (Å²) in [7, 11) is 1.89. The van der Waals surface area contributed by atoms with Gasteiger partial charge in [0.25, 0.3) is 0 Å². The predicted octanol–water partition coefficient (Wildman–Crippen LogP) is 3.36. The van der Waals surface area contributed by atoms with Gasteiger partial charge in [0.15, 0.2) is 5.82 Å². The van der Waals surface area contributed by atoms with E-state index in [0.717, 1.165) is 0 Å². The highest BCUT2D eigenvalue weighted by Crippen LogP contribution is 2.17. The van der Waals surface area contributed by atoms with E-state index in [-0.39, 0.29) is 11.9 Å². The van der Waals surface area contributed by atoms with Crippen LogP contribution in [0, 0.1) is 6.92 Å². The molecule has 1 heterocycles. The molecule has 0 radical (unpaired) electrons. The molecule has 1 atom stereocenters. The summed E-state index contributed by atoms with van der Waals surface area (Å²) in [4.78, 5) is 14.3. The molecule has 6 nitrogen and oxygen atoms in total. The first-order chi connectivity index (χ1) is 11.5. The van der Waals surface area contributed by atoms with Gasteiger partial charge in [-0.2, -0.15) is 0 Å². The Morgan fingerprint density at radius 3 is 2.88 bits per heavy atom. The van der Waals surface area contributed by atoms with Crippen molar-refractivity contribution in [3.8, 4) is 5.75 Å². The minimum absolute atomic E-state index is 0.115. The van der Waals surface area contributed by atoms with Crippen LogP contribution in [0.15, 0.2) is 34.9 Å². The summed E-state index contributed by atoms with van der Waals surface area (Å²) in [5, 5.41) is 7.18. The minimum atomic E-state index is -0.273. The largest absolute Gasteiger partial charge is 0.492 e. The zero-order chi connectivity index (χ0) is 17.5. The lowest BCUT2D eigenvalue weighted by Gasteiger charge is -2.25. The van der Waals surface area contributed by atoms with Gasteiger partial charge in [-0.05, 0) is 38.6 Å². The van der Waals surface area contributed by atoms with E-state index in [1.54, 1.807) is 25.1 Å². The Morgan fingerprint density at radius 1 is 1.46 bits per heavy atom. The quantitative estimate of drug-likeness (QED) is 0.789. The standard InChI is InChI=1S/C17H22ClN3O3/c1-4-15(17(22)19-16-10-12(2)24-20-16)21(3)8-9-23-14-7-5-6-13(18)11-14/h5-7,10-11,15H,4,8-9H2,1-3H3,(H,19,20,22). The number of halogens is 1. The van der Waals surface area contributed by atoms with Crippen LogP contribution in [-0.2, 0) is 4.79 Å². The molecule has 2 aromatic rings. The first-order valence-electron chi connectivity index (χ1n) is 7.82. The Bertz CT molecular complexity index is 675. The number of hydrogen-bond donors (Lipinski definition) is 1. The van der Waals surface area contributed by atoms with Crippen LogP contribution in [0.3, 0.4) is 0 Å². The molecule has 0 bridgehead atoms. The number of amides is 1. The lowest BCUT2D eigenvalue weighted by Crippen LogP contribution is -2.43. The molecule has 7 heteroatoms. The summed E-state index contributed by atoms with van der Waals surface area (Å²) < 4.78 is 10.6. The summed E-state index contributed by atoms with van der Waals surface area (Å²) in [6.07, 6.45) is 0.677. The van der Waals surface area contributed by atoms with Crippen molar-refractivity contribution < 1.29 is 14.1 Å². The van der Waals surface area contributed by atoms with Gasteiger partial charge in [0.2, 0.25) is 5.91 Å². The molecular weight excluding hydrogens is 330 g/mol. The Labute approximate surface area is 146 Å². The van der Waals surface area contributed by atoms with Crippen LogP contribution in [0.5, 0.6) is 5.75 Å². The molecule has 0 aliphatic rings. The topological polar surface area (TPSA) is 67.6 Å². The fourth-order valence-corrected chi connectivity index (χ4v) is 2.53. The summed E-state index contributed by atoms with van der Waals surface area (Å²) in [6, 6.07) is 8.66. The van der Waals surface area contributed by atoms with Crippen LogP contribution in [-0.4, -0.2) is 42.2 Å². The van der Waals surface area contributed by atoms with Gasteiger partial charge in [-0.25, -0.2) is 0 Å². The maximum Gasteiger partial charge on any atom is 0.242 e. The summed E-state index contributed by atoms with van der Waals surface area (Å²) in [5.41, 5.74) is 0. The Kier molecular flexibility index (Phi) is 6.63.